The Labute approximate surface area is 114 Å². The van der Waals surface area contributed by atoms with E-state index in [1.54, 1.807) is 0 Å². The van der Waals surface area contributed by atoms with E-state index in [9.17, 15) is 19.2 Å². The fourth-order valence-corrected chi connectivity index (χ4v) is 1.91. The largest absolute Gasteiger partial charge is 0.480 e. The van der Waals surface area contributed by atoms with Gasteiger partial charge >= 0.3 is 5.97 Å². The van der Waals surface area contributed by atoms with Crippen LogP contribution in [-0.4, -0.2) is 59.9 Å². The SMILES string of the molecule is CC(=O)NCCNC(=O)CSCC(NC=O)C(=O)O. The lowest BCUT2D eigenvalue weighted by Gasteiger charge is -2.10. The summed E-state index contributed by atoms with van der Waals surface area (Å²) >= 11 is 1.10. The Kier molecular flexibility index (Phi) is 9.23. The quantitative estimate of drug-likeness (QED) is 0.277. The molecule has 0 rings (SSSR count). The summed E-state index contributed by atoms with van der Waals surface area (Å²) in [5.41, 5.74) is 0. The van der Waals surface area contributed by atoms with E-state index in [0.717, 1.165) is 11.8 Å². The van der Waals surface area contributed by atoms with Gasteiger partial charge in [-0.2, -0.15) is 0 Å². The van der Waals surface area contributed by atoms with Gasteiger partial charge in [-0.05, 0) is 0 Å². The van der Waals surface area contributed by atoms with Crippen molar-refractivity contribution in [1.29, 1.82) is 0 Å². The first kappa shape index (κ1) is 17.2. The van der Waals surface area contributed by atoms with Crippen LogP contribution >= 0.6 is 11.8 Å². The van der Waals surface area contributed by atoms with Crippen LogP contribution in [0.5, 0.6) is 0 Å². The Hall–Kier alpha value is -1.77. The van der Waals surface area contributed by atoms with E-state index < -0.39 is 12.0 Å². The lowest BCUT2D eigenvalue weighted by atomic mass is 10.3. The molecule has 0 aliphatic heterocycles. The van der Waals surface area contributed by atoms with E-state index in [-0.39, 0.29) is 23.3 Å². The number of nitrogens with one attached hydrogen (secondary N) is 3. The van der Waals surface area contributed by atoms with Crippen molar-refractivity contribution in [1.82, 2.24) is 16.0 Å². The third-order valence-corrected chi connectivity index (χ3v) is 2.94. The van der Waals surface area contributed by atoms with Crippen LogP contribution in [0.15, 0.2) is 0 Å². The fourth-order valence-electron chi connectivity index (χ4n) is 1.03. The Morgan fingerprint density at radius 1 is 1.26 bits per heavy atom. The van der Waals surface area contributed by atoms with E-state index in [1.165, 1.54) is 6.92 Å². The van der Waals surface area contributed by atoms with Gasteiger partial charge in [0.15, 0.2) is 0 Å². The number of hydrogen-bond donors (Lipinski definition) is 4. The summed E-state index contributed by atoms with van der Waals surface area (Å²) in [6.45, 7) is 2.04. The zero-order valence-corrected chi connectivity index (χ0v) is 11.3. The standard InChI is InChI=1S/C10H17N3O5S/c1-7(15)11-2-3-12-9(16)5-19-4-8(10(17)18)13-6-14/h6,8H,2-5H2,1H3,(H,11,15)(H,12,16)(H,13,14)(H,17,18). The van der Waals surface area contributed by atoms with Crippen molar-refractivity contribution in [2.45, 2.75) is 13.0 Å². The summed E-state index contributed by atoms with van der Waals surface area (Å²) in [6, 6.07) is -1.00. The van der Waals surface area contributed by atoms with Crippen LogP contribution in [-0.2, 0) is 19.2 Å². The van der Waals surface area contributed by atoms with Crippen molar-refractivity contribution < 1.29 is 24.3 Å². The first-order valence-electron chi connectivity index (χ1n) is 5.48. The summed E-state index contributed by atoms with van der Waals surface area (Å²) in [5, 5.41) is 15.9. The molecule has 0 aliphatic rings. The molecule has 0 aromatic carbocycles. The van der Waals surface area contributed by atoms with Gasteiger partial charge < -0.3 is 21.1 Å². The molecule has 0 saturated carbocycles. The first-order chi connectivity index (χ1) is 8.97. The van der Waals surface area contributed by atoms with Crippen LogP contribution in [0.3, 0.4) is 0 Å². The number of carboxylic acids is 1. The molecule has 8 nitrogen and oxygen atoms in total. The number of rotatable bonds is 10. The minimum absolute atomic E-state index is 0.0877. The third-order valence-electron chi connectivity index (χ3n) is 1.91. The number of aliphatic carboxylic acids is 1. The van der Waals surface area contributed by atoms with Gasteiger partial charge in [-0.15, -0.1) is 11.8 Å². The lowest BCUT2D eigenvalue weighted by molar-refractivity contribution is -0.139. The Morgan fingerprint density at radius 2 is 1.89 bits per heavy atom. The summed E-state index contributed by atoms with van der Waals surface area (Å²) in [5.74, 6) is -1.39. The predicted molar refractivity (Wildman–Crippen MR) is 69.6 cm³/mol. The second kappa shape index (κ2) is 10.2. The molecule has 0 spiro atoms. The average molecular weight is 291 g/mol. The third kappa shape index (κ3) is 9.89. The number of amides is 3. The summed E-state index contributed by atoms with van der Waals surface area (Å²) in [7, 11) is 0. The maximum absolute atomic E-state index is 11.3. The van der Waals surface area contributed by atoms with Gasteiger partial charge in [0.1, 0.15) is 6.04 Å². The number of carbonyl (C=O) groups is 4. The second-order valence-electron chi connectivity index (χ2n) is 3.52. The number of thioether (sulfide) groups is 1. The van der Waals surface area contributed by atoms with Crippen LogP contribution in [0.4, 0.5) is 0 Å². The van der Waals surface area contributed by atoms with Gasteiger partial charge in [-0.1, -0.05) is 0 Å². The maximum Gasteiger partial charge on any atom is 0.327 e. The van der Waals surface area contributed by atoms with Crippen LogP contribution in [0.25, 0.3) is 0 Å². The summed E-state index contributed by atoms with van der Waals surface area (Å²) < 4.78 is 0. The molecule has 0 aliphatic carbocycles. The van der Waals surface area contributed by atoms with Crippen LogP contribution in [0, 0.1) is 0 Å². The van der Waals surface area contributed by atoms with Crippen molar-refractivity contribution in [3.05, 3.63) is 0 Å². The molecule has 0 heterocycles. The Bertz CT molecular complexity index is 337. The molecular formula is C10H17N3O5S. The van der Waals surface area contributed by atoms with Crippen molar-refractivity contribution in [2.75, 3.05) is 24.6 Å². The Morgan fingerprint density at radius 3 is 2.42 bits per heavy atom. The van der Waals surface area contributed by atoms with Gasteiger partial charge in [-0.3, -0.25) is 14.4 Å². The van der Waals surface area contributed by atoms with E-state index in [1.807, 2.05) is 0 Å². The monoisotopic (exact) mass is 291 g/mol. The zero-order chi connectivity index (χ0) is 14.7. The molecule has 1 unspecified atom stereocenters. The molecule has 0 aromatic heterocycles. The van der Waals surface area contributed by atoms with E-state index in [0.29, 0.717) is 19.5 Å². The molecule has 0 bridgehead atoms. The second-order valence-corrected chi connectivity index (χ2v) is 4.55. The van der Waals surface area contributed by atoms with Gasteiger partial charge in [0.25, 0.3) is 0 Å². The number of carboxylic acid groups (broad SMARTS) is 1. The molecule has 3 amide bonds. The Balaban J connectivity index is 3.69. The molecule has 1 atom stereocenters. The normalized spacial score (nSPS) is 11.2. The summed E-state index contributed by atoms with van der Waals surface area (Å²) in [4.78, 5) is 42.7. The van der Waals surface area contributed by atoms with Crippen LogP contribution in [0.2, 0.25) is 0 Å². The van der Waals surface area contributed by atoms with E-state index in [2.05, 4.69) is 16.0 Å². The lowest BCUT2D eigenvalue weighted by Crippen LogP contribution is -2.38. The van der Waals surface area contributed by atoms with Gasteiger partial charge in [0.2, 0.25) is 18.2 Å². The van der Waals surface area contributed by atoms with Crippen molar-refractivity contribution in [2.24, 2.45) is 0 Å². The van der Waals surface area contributed by atoms with Crippen LogP contribution in [0.1, 0.15) is 6.92 Å². The molecule has 0 saturated heterocycles. The van der Waals surface area contributed by atoms with Gasteiger partial charge in [0, 0.05) is 25.8 Å². The minimum Gasteiger partial charge on any atom is -0.480 e. The van der Waals surface area contributed by atoms with Crippen LogP contribution < -0.4 is 16.0 Å². The topological polar surface area (TPSA) is 125 Å². The van der Waals surface area contributed by atoms with Crippen molar-refractivity contribution in [3.8, 4) is 0 Å². The van der Waals surface area contributed by atoms with Gasteiger partial charge in [-0.25, -0.2) is 4.79 Å². The predicted octanol–water partition coefficient (Wildman–Crippen LogP) is -1.83. The molecular weight excluding hydrogens is 274 g/mol. The van der Waals surface area contributed by atoms with E-state index in [4.69, 9.17) is 5.11 Å². The molecule has 108 valence electrons. The number of hydrogen-bond acceptors (Lipinski definition) is 5. The molecule has 4 N–H and O–H groups in total. The molecule has 0 fully saturated rings. The van der Waals surface area contributed by atoms with Crippen molar-refractivity contribution in [3.63, 3.8) is 0 Å². The number of carbonyl (C=O) groups excluding carboxylic acids is 3. The molecule has 19 heavy (non-hydrogen) atoms. The minimum atomic E-state index is -1.15. The maximum atomic E-state index is 11.3. The highest BCUT2D eigenvalue weighted by atomic mass is 32.2. The van der Waals surface area contributed by atoms with Crippen molar-refractivity contribution >= 4 is 36.0 Å². The highest BCUT2D eigenvalue weighted by Gasteiger charge is 2.16. The molecule has 0 radical (unpaired) electrons. The average Bonchev–Trinajstić information content (AvgIpc) is 2.33. The highest BCUT2D eigenvalue weighted by molar-refractivity contribution is 8.00. The fraction of sp³-hybridized carbons (Fsp3) is 0.600. The van der Waals surface area contributed by atoms with Gasteiger partial charge in [0.05, 0.1) is 5.75 Å². The molecule has 9 heteroatoms. The highest BCUT2D eigenvalue weighted by Crippen LogP contribution is 2.02. The zero-order valence-electron chi connectivity index (χ0n) is 10.5. The van der Waals surface area contributed by atoms with E-state index >= 15 is 0 Å². The smallest absolute Gasteiger partial charge is 0.327 e. The summed E-state index contributed by atoms with van der Waals surface area (Å²) in [6.07, 6.45) is 0.312. The first-order valence-corrected chi connectivity index (χ1v) is 6.64. The molecule has 0 aromatic rings.